The minimum Gasteiger partial charge on any atom is -0.342 e. The maximum absolute atomic E-state index is 12.1. The number of aryl methyl sites for hydroxylation is 1. The number of likely N-dealkylation sites (tertiary alicyclic amines) is 1. The molecule has 0 bridgehead atoms. The highest BCUT2D eigenvalue weighted by Gasteiger charge is 2.20. The van der Waals surface area contributed by atoms with Gasteiger partial charge in [0.15, 0.2) is 0 Å². The van der Waals surface area contributed by atoms with E-state index in [4.69, 9.17) is 0 Å². The highest BCUT2D eigenvalue weighted by atomic mass is 32.2. The van der Waals surface area contributed by atoms with E-state index in [9.17, 15) is 9.59 Å². The van der Waals surface area contributed by atoms with Gasteiger partial charge in [0.1, 0.15) is 0 Å². The molecule has 5 heteroatoms. The largest absolute Gasteiger partial charge is 0.342 e. The van der Waals surface area contributed by atoms with E-state index in [-0.39, 0.29) is 11.8 Å². The smallest absolute Gasteiger partial charge is 0.232 e. The van der Waals surface area contributed by atoms with E-state index in [1.807, 2.05) is 36.1 Å². The van der Waals surface area contributed by atoms with Crippen LogP contribution in [0.2, 0.25) is 0 Å². The van der Waals surface area contributed by atoms with Crippen molar-refractivity contribution in [3.05, 3.63) is 29.8 Å². The predicted molar refractivity (Wildman–Crippen MR) is 101 cm³/mol. The molecule has 2 rings (SSSR count). The standard InChI is InChI=1S/C19H28N2O2S/c1-15-6-3-8-17(12-15)20-18(22)9-5-11-24-14-19(23)21-10-4-7-16(2)13-21/h3,6,8,12,16H,4-5,7,9-11,13-14H2,1-2H3,(H,20,22)/t16-/m0/s1. The van der Waals surface area contributed by atoms with Crippen molar-refractivity contribution < 1.29 is 9.59 Å². The molecule has 0 aliphatic carbocycles. The molecule has 1 heterocycles. The topological polar surface area (TPSA) is 49.4 Å². The number of rotatable bonds is 7. The molecular weight excluding hydrogens is 320 g/mol. The Morgan fingerprint density at radius 3 is 2.96 bits per heavy atom. The fraction of sp³-hybridized carbons (Fsp3) is 0.579. The quantitative estimate of drug-likeness (QED) is 0.764. The monoisotopic (exact) mass is 348 g/mol. The van der Waals surface area contributed by atoms with Gasteiger partial charge in [-0.25, -0.2) is 0 Å². The Hall–Kier alpha value is -1.49. The number of nitrogens with zero attached hydrogens (tertiary/aromatic N) is 1. The zero-order valence-corrected chi connectivity index (χ0v) is 15.5. The van der Waals surface area contributed by atoms with Gasteiger partial charge in [0.25, 0.3) is 0 Å². The zero-order chi connectivity index (χ0) is 17.4. The molecule has 1 fully saturated rings. The average Bonchev–Trinajstić information content (AvgIpc) is 2.54. The number of amides is 2. The maximum Gasteiger partial charge on any atom is 0.232 e. The first-order valence-corrected chi connectivity index (χ1v) is 9.92. The fourth-order valence-electron chi connectivity index (χ4n) is 2.95. The summed E-state index contributed by atoms with van der Waals surface area (Å²) in [7, 11) is 0. The predicted octanol–water partition coefficient (Wildman–Crippen LogP) is 3.71. The van der Waals surface area contributed by atoms with Gasteiger partial charge in [-0.1, -0.05) is 19.1 Å². The first-order valence-electron chi connectivity index (χ1n) is 8.76. The van der Waals surface area contributed by atoms with Gasteiger partial charge in [-0.05, 0) is 55.6 Å². The molecule has 1 atom stereocenters. The second-order valence-corrected chi connectivity index (χ2v) is 7.77. The van der Waals surface area contributed by atoms with Crippen molar-refractivity contribution in [1.29, 1.82) is 0 Å². The lowest BCUT2D eigenvalue weighted by Crippen LogP contribution is -2.40. The first-order chi connectivity index (χ1) is 11.5. The third-order valence-electron chi connectivity index (χ3n) is 4.23. The summed E-state index contributed by atoms with van der Waals surface area (Å²) in [5.41, 5.74) is 1.98. The Labute approximate surface area is 149 Å². The fourth-order valence-corrected chi connectivity index (χ4v) is 3.80. The molecule has 0 saturated carbocycles. The van der Waals surface area contributed by atoms with Crippen LogP contribution in [0, 0.1) is 12.8 Å². The molecule has 0 unspecified atom stereocenters. The number of carbonyl (C=O) groups excluding carboxylic acids is 2. The summed E-state index contributed by atoms with van der Waals surface area (Å²) in [5.74, 6) is 2.29. The molecule has 1 saturated heterocycles. The molecule has 1 aromatic carbocycles. The number of thioether (sulfide) groups is 1. The van der Waals surface area contributed by atoms with Gasteiger partial charge in [0.2, 0.25) is 11.8 Å². The van der Waals surface area contributed by atoms with Crippen LogP contribution < -0.4 is 5.32 Å². The molecular formula is C19H28N2O2S. The van der Waals surface area contributed by atoms with Crippen LogP contribution in [0.4, 0.5) is 5.69 Å². The Morgan fingerprint density at radius 2 is 2.21 bits per heavy atom. The number of anilines is 1. The molecule has 0 aromatic heterocycles. The maximum atomic E-state index is 12.1. The van der Waals surface area contributed by atoms with E-state index in [0.29, 0.717) is 18.1 Å². The molecule has 132 valence electrons. The van der Waals surface area contributed by atoms with E-state index in [1.54, 1.807) is 11.8 Å². The van der Waals surface area contributed by atoms with E-state index < -0.39 is 0 Å². The second kappa shape index (κ2) is 9.72. The number of piperidine rings is 1. The number of hydrogen-bond donors (Lipinski definition) is 1. The summed E-state index contributed by atoms with van der Waals surface area (Å²) in [6.07, 6.45) is 3.64. The molecule has 24 heavy (non-hydrogen) atoms. The molecule has 1 aromatic rings. The summed E-state index contributed by atoms with van der Waals surface area (Å²) < 4.78 is 0. The average molecular weight is 349 g/mol. The van der Waals surface area contributed by atoms with Crippen LogP contribution in [0.1, 0.15) is 38.2 Å². The lowest BCUT2D eigenvalue weighted by molar-refractivity contribution is -0.130. The molecule has 1 aliphatic heterocycles. The minimum atomic E-state index is 0.0392. The summed E-state index contributed by atoms with van der Waals surface area (Å²) in [5, 5.41) is 2.92. The zero-order valence-electron chi connectivity index (χ0n) is 14.7. The van der Waals surface area contributed by atoms with Gasteiger partial charge < -0.3 is 10.2 Å². The third kappa shape index (κ3) is 6.56. The highest BCUT2D eigenvalue weighted by Crippen LogP contribution is 2.17. The Morgan fingerprint density at radius 1 is 1.38 bits per heavy atom. The van der Waals surface area contributed by atoms with Gasteiger partial charge in [-0.3, -0.25) is 9.59 Å². The number of carbonyl (C=O) groups is 2. The summed E-state index contributed by atoms with van der Waals surface area (Å²) in [6.45, 7) is 6.02. The molecule has 2 amide bonds. The minimum absolute atomic E-state index is 0.0392. The van der Waals surface area contributed by atoms with Gasteiger partial charge in [-0.2, -0.15) is 11.8 Å². The van der Waals surface area contributed by atoms with Crippen molar-refractivity contribution in [2.24, 2.45) is 5.92 Å². The summed E-state index contributed by atoms with van der Waals surface area (Å²) >= 11 is 1.64. The van der Waals surface area contributed by atoms with Gasteiger partial charge >= 0.3 is 0 Å². The summed E-state index contributed by atoms with van der Waals surface area (Å²) in [4.78, 5) is 26.0. The van der Waals surface area contributed by atoms with Crippen LogP contribution in [0.15, 0.2) is 24.3 Å². The first kappa shape index (κ1) is 18.8. The van der Waals surface area contributed by atoms with Gasteiger partial charge in [-0.15, -0.1) is 0 Å². The van der Waals surface area contributed by atoms with E-state index in [1.165, 1.54) is 6.42 Å². The molecule has 1 aliphatic rings. The lowest BCUT2D eigenvalue weighted by atomic mass is 10.0. The van der Waals surface area contributed by atoms with Crippen molar-refractivity contribution in [2.45, 2.75) is 39.5 Å². The van der Waals surface area contributed by atoms with Crippen molar-refractivity contribution >= 4 is 29.3 Å². The third-order valence-corrected chi connectivity index (χ3v) is 5.26. The number of hydrogen-bond acceptors (Lipinski definition) is 3. The normalized spacial score (nSPS) is 17.6. The van der Waals surface area contributed by atoms with Crippen molar-refractivity contribution in [3.8, 4) is 0 Å². The van der Waals surface area contributed by atoms with E-state index in [0.717, 1.165) is 42.9 Å². The van der Waals surface area contributed by atoms with Gasteiger partial charge in [0.05, 0.1) is 5.75 Å². The Balaban J connectivity index is 1.57. The van der Waals surface area contributed by atoms with Crippen LogP contribution in [-0.2, 0) is 9.59 Å². The van der Waals surface area contributed by atoms with Crippen LogP contribution in [0.3, 0.4) is 0 Å². The second-order valence-electron chi connectivity index (χ2n) is 6.66. The number of benzene rings is 1. The SMILES string of the molecule is Cc1cccc(NC(=O)CCCSCC(=O)N2CCC[C@H](C)C2)c1. The summed E-state index contributed by atoms with van der Waals surface area (Å²) in [6, 6.07) is 7.81. The van der Waals surface area contributed by atoms with Crippen molar-refractivity contribution in [2.75, 3.05) is 29.9 Å². The van der Waals surface area contributed by atoms with Crippen LogP contribution in [0.25, 0.3) is 0 Å². The van der Waals surface area contributed by atoms with E-state index in [2.05, 4.69) is 12.2 Å². The molecule has 1 N–H and O–H groups in total. The lowest BCUT2D eigenvalue weighted by Gasteiger charge is -2.30. The molecule has 0 spiro atoms. The van der Waals surface area contributed by atoms with Gasteiger partial charge in [0, 0.05) is 25.2 Å². The molecule has 4 nitrogen and oxygen atoms in total. The van der Waals surface area contributed by atoms with Crippen molar-refractivity contribution in [3.63, 3.8) is 0 Å². The number of nitrogens with one attached hydrogen (secondary N) is 1. The van der Waals surface area contributed by atoms with Crippen LogP contribution >= 0.6 is 11.8 Å². The highest BCUT2D eigenvalue weighted by molar-refractivity contribution is 7.99. The van der Waals surface area contributed by atoms with Crippen molar-refractivity contribution in [1.82, 2.24) is 4.90 Å². The van der Waals surface area contributed by atoms with E-state index >= 15 is 0 Å². The molecule has 0 radical (unpaired) electrons. The Bertz CT molecular complexity index is 562. The van der Waals surface area contributed by atoms with Crippen LogP contribution in [0.5, 0.6) is 0 Å². The Kier molecular flexibility index (Phi) is 7.63. The van der Waals surface area contributed by atoms with Crippen LogP contribution in [-0.4, -0.2) is 41.3 Å².